The number of hydrogen-bond acceptors (Lipinski definition) is 3. The minimum absolute atomic E-state index is 0.0430. The van der Waals surface area contributed by atoms with Crippen molar-refractivity contribution in [2.24, 2.45) is 0 Å². The van der Waals surface area contributed by atoms with Gasteiger partial charge < -0.3 is 9.47 Å². The molecule has 1 aliphatic heterocycles. The Morgan fingerprint density at radius 2 is 1.50 bits per heavy atom. The van der Waals surface area contributed by atoms with Gasteiger partial charge in [-0.15, -0.1) is 0 Å². The second-order valence-corrected chi connectivity index (χ2v) is 5.82. The summed E-state index contributed by atoms with van der Waals surface area (Å²) >= 11 is 0. The average Bonchev–Trinajstić information content (AvgIpc) is 3.16. The van der Waals surface area contributed by atoms with Crippen molar-refractivity contribution in [2.75, 3.05) is 6.61 Å². The fourth-order valence-electron chi connectivity index (χ4n) is 2.70. The molecule has 0 radical (unpaired) electrons. The average molecular weight is 284 g/mol. The molecular formula is C17H32O3. The molecule has 2 atom stereocenters. The fraction of sp³-hybridized carbons (Fsp3) is 0.941. The third-order valence-electron chi connectivity index (χ3n) is 3.94. The van der Waals surface area contributed by atoms with Crippen molar-refractivity contribution in [1.82, 2.24) is 0 Å². The highest BCUT2D eigenvalue weighted by Gasteiger charge is 2.36. The van der Waals surface area contributed by atoms with E-state index in [0.29, 0.717) is 25.2 Å². The highest BCUT2D eigenvalue weighted by atomic mass is 16.6. The lowest BCUT2D eigenvalue weighted by Crippen LogP contribution is -2.03. The first kappa shape index (κ1) is 17.5. The Morgan fingerprint density at radius 1 is 0.900 bits per heavy atom. The molecule has 0 spiro atoms. The second-order valence-electron chi connectivity index (χ2n) is 5.82. The highest BCUT2D eigenvalue weighted by Crippen LogP contribution is 2.30. The van der Waals surface area contributed by atoms with Crippen LogP contribution in [0.15, 0.2) is 0 Å². The van der Waals surface area contributed by atoms with E-state index in [4.69, 9.17) is 9.47 Å². The molecule has 3 nitrogen and oxygen atoms in total. The number of hydrogen-bond donors (Lipinski definition) is 0. The van der Waals surface area contributed by atoms with Crippen molar-refractivity contribution >= 4 is 5.97 Å². The van der Waals surface area contributed by atoms with E-state index in [1.165, 1.54) is 51.4 Å². The number of carbonyl (C=O) groups excluding carboxylic acids is 1. The highest BCUT2D eigenvalue weighted by molar-refractivity contribution is 5.69. The summed E-state index contributed by atoms with van der Waals surface area (Å²) in [4.78, 5) is 11.1. The molecule has 1 rings (SSSR count). The summed E-state index contributed by atoms with van der Waals surface area (Å²) in [6, 6.07) is 0. The standard InChI is InChI=1S/C17H32O3/c1-3-12-15-16(20-15)13-10-8-6-5-7-9-11-14-17(18)19-4-2/h15-16H,3-14H2,1-2H3. The van der Waals surface area contributed by atoms with Crippen molar-refractivity contribution in [3.05, 3.63) is 0 Å². The number of esters is 1. The van der Waals surface area contributed by atoms with Crippen molar-refractivity contribution in [1.29, 1.82) is 0 Å². The van der Waals surface area contributed by atoms with Gasteiger partial charge >= 0.3 is 5.97 Å². The maximum absolute atomic E-state index is 11.1. The summed E-state index contributed by atoms with van der Waals surface area (Å²) < 4.78 is 10.5. The molecule has 0 N–H and O–H groups in total. The summed E-state index contributed by atoms with van der Waals surface area (Å²) in [6.45, 7) is 4.58. The van der Waals surface area contributed by atoms with Gasteiger partial charge in [-0.1, -0.05) is 51.9 Å². The van der Waals surface area contributed by atoms with E-state index in [1.54, 1.807) is 0 Å². The predicted molar refractivity (Wildman–Crippen MR) is 81.8 cm³/mol. The van der Waals surface area contributed by atoms with E-state index in [9.17, 15) is 4.79 Å². The lowest BCUT2D eigenvalue weighted by Gasteiger charge is -2.02. The Balaban J connectivity index is 1.74. The quantitative estimate of drug-likeness (QED) is 0.281. The molecule has 0 bridgehead atoms. The van der Waals surface area contributed by atoms with Crippen LogP contribution in [0.3, 0.4) is 0 Å². The van der Waals surface area contributed by atoms with Gasteiger partial charge in [0.1, 0.15) is 0 Å². The van der Waals surface area contributed by atoms with E-state index >= 15 is 0 Å². The molecule has 20 heavy (non-hydrogen) atoms. The van der Waals surface area contributed by atoms with Crippen LogP contribution in [0.25, 0.3) is 0 Å². The molecule has 0 aromatic carbocycles. The normalized spacial score (nSPS) is 20.9. The van der Waals surface area contributed by atoms with E-state index < -0.39 is 0 Å². The molecule has 0 saturated carbocycles. The molecule has 1 saturated heterocycles. The van der Waals surface area contributed by atoms with Crippen molar-refractivity contribution in [3.63, 3.8) is 0 Å². The van der Waals surface area contributed by atoms with Gasteiger partial charge in [-0.3, -0.25) is 4.79 Å². The van der Waals surface area contributed by atoms with Gasteiger partial charge in [0, 0.05) is 6.42 Å². The van der Waals surface area contributed by atoms with Gasteiger partial charge in [0.05, 0.1) is 18.8 Å². The second kappa shape index (κ2) is 11.1. The van der Waals surface area contributed by atoms with Crippen molar-refractivity contribution in [3.8, 4) is 0 Å². The lowest BCUT2D eigenvalue weighted by molar-refractivity contribution is -0.143. The summed E-state index contributed by atoms with van der Waals surface area (Å²) in [5, 5.41) is 0. The van der Waals surface area contributed by atoms with E-state index in [-0.39, 0.29) is 5.97 Å². The monoisotopic (exact) mass is 284 g/mol. The smallest absolute Gasteiger partial charge is 0.305 e. The predicted octanol–water partition coefficient (Wildman–Crippen LogP) is 4.63. The Labute approximate surface area is 124 Å². The zero-order valence-corrected chi connectivity index (χ0v) is 13.4. The number of rotatable bonds is 13. The number of carbonyl (C=O) groups is 1. The molecule has 3 heteroatoms. The first-order valence-corrected chi connectivity index (χ1v) is 8.59. The van der Waals surface area contributed by atoms with E-state index in [1.807, 2.05) is 6.92 Å². The SMILES string of the molecule is CCCC1OC1CCCCCCCCCC(=O)OCC. The first-order chi connectivity index (χ1) is 9.77. The molecule has 1 fully saturated rings. The lowest BCUT2D eigenvalue weighted by atomic mass is 10.0. The van der Waals surface area contributed by atoms with Crippen LogP contribution in [-0.2, 0) is 14.3 Å². The van der Waals surface area contributed by atoms with Gasteiger partial charge in [-0.2, -0.15) is 0 Å². The van der Waals surface area contributed by atoms with Gasteiger partial charge in [-0.05, 0) is 26.2 Å². The maximum Gasteiger partial charge on any atom is 0.305 e. The number of epoxide rings is 1. The van der Waals surface area contributed by atoms with Crippen LogP contribution < -0.4 is 0 Å². The molecule has 2 unspecified atom stereocenters. The summed E-state index contributed by atoms with van der Waals surface area (Å²) in [7, 11) is 0. The van der Waals surface area contributed by atoms with Gasteiger partial charge in [0.25, 0.3) is 0 Å². The molecule has 0 aromatic heterocycles. The van der Waals surface area contributed by atoms with Crippen LogP contribution in [0.2, 0.25) is 0 Å². The van der Waals surface area contributed by atoms with Crippen LogP contribution in [-0.4, -0.2) is 24.8 Å². The van der Waals surface area contributed by atoms with E-state index in [2.05, 4.69) is 6.92 Å². The minimum Gasteiger partial charge on any atom is -0.466 e. The van der Waals surface area contributed by atoms with Crippen LogP contribution in [0.4, 0.5) is 0 Å². The van der Waals surface area contributed by atoms with E-state index in [0.717, 1.165) is 12.8 Å². The van der Waals surface area contributed by atoms with Gasteiger partial charge in [0.2, 0.25) is 0 Å². The summed E-state index contributed by atoms with van der Waals surface area (Å²) in [5.74, 6) is -0.0430. The molecule has 0 aliphatic carbocycles. The molecular weight excluding hydrogens is 252 g/mol. The van der Waals surface area contributed by atoms with Crippen LogP contribution in [0, 0.1) is 0 Å². The summed E-state index contributed by atoms with van der Waals surface area (Å²) in [6.07, 6.45) is 14.1. The van der Waals surface area contributed by atoms with Crippen LogP contribution >= 0.6 is 0 Å². The number of ether oxygens (including phenoxy) is 2. The molecule has 0 aromatic rings. The molecule has 1 heterocycles. The van der Waals surface area contributed by atoms with Crippen LogP contribution in [0.5, 0.6) is 0 Å². The topological polar surface area (TPSA) is 38.8 Å². The number of unbranched alkanes of at least 4 members (excludes halogenated alkanes) is 6. The Kier molecular flexibility index (Phi) is 9.73. The third kappa shape index (κ3) is 8.57. The van der Waals surface area contributed by atoms with Crippen molar-refractivity contribution in [2.45, 2.75) is 96.7 Å². The largest absolute Gasteiger partial charge is 0.466 e. The Morgan fingerprint density at radius 3 is 2.15 bits per heavy atom. The maximum atomic E-state index is 11.1. The zero-order valence-electron chi connectivity index (χ0n) is 13.4. The summed E-state index contributed by atoms with van der Waals surface area (Å²) in [5.41, 5.74) is 0. The van der Waals surface area contributed by atoms with Crippen LogP contribution in [0.1, 0.15) is 84.5 Å². The first-order valence-electron chi connectivity index (χ1n) is 8.59. The third-order valence-corrected chi connectivity index (χ3v) is 3.94. The van der Waals surface area contributed by atoms with Gasteiger partial charge in [0.15, 0.2) is 0 Å². The fourth-order valence-corrected chi connectivity index (χ4v) is 2.70. The minimum atomic E-state index is -0.0430. The Hall–Kier alpha value is -0.570. The molecule has 1 aliphatic rings. The Bertz CT molecular complexity index is 253. The zero-order chi connectivity index (χ0) is 14.6. The van der Waals surface area contributed by atoms with Gasteiger partial charge in [-0.25, -0.2) is 0 Å². The molecule has 118 valence electrons. The van der Waals surface area contributed by atoms with Crippen molar-refractivity contribution < 1.29 is 14.3 Å². The molecule has 0 amide bonds.